The molecule has 1 aromatic heterocycles. The Morgan fingerprint density at radius 3 is 2.68 bits per heavy atom. The number of aromatic nitrogens is 2. The third kappa shape index (κ3) is 6.47. The number of nitrogens with one attached hydrogen (secondary N) is 3. The van der Waals surface area contributed by atoms with Crippen LogP contribution in [0.1, 0.15) is 55.7 Å². The molecule has 0 radical (unpaired) electrons. The topological polar surface area (TPSA) is 93.4 Å². The minimum atomic E-state index is -0.285. The Morgan fingerprint density at radius 1 is 1.21 bits per heavy atom. The molecule has 34 heavy (non-hydrogen) atoms. The van der Waals surface area contributed by atoms with Crippen molar-refractivity contribution in [1.29, 1.82) is 0 Å². The fourth-order valence-electron chi connectivity index (χ4n) is 4.28. The predicted octanol–water partition coefficient (Wildman–Crippen LogP) is 3.23. The minimum Gasteiger partial charge on any atom is -0.371 e. The number of nitrogens with zero attached hydrogens (tertiary/aromatic N) is 3. The molecule has 1 aromatic carbocycles. The first-order valence-corrected chi connectivity index (χ1v) is 12.2. The maximum absolute atomic E-state index is 12.8. The lowest BCUT2D eigenvalue weighted by Gasteiger charge is -2.34. The highest BCUT2D eigenvalue weighted by atomic mass is 16.2. The Kier molecular flexibility index (Phi) is 7.67. The monoisotopic (exact) mass is 464 g/mol. The molecule has 1 saturated carbocycles. The van der Waals surface area contributed by atoms with E-state index < -0.39 is 0 Å². The van der Waals surface area contributed by atoms with E-state index in [0.29, 0.717) is 11.7 Å². The zero-order valence-electron chi connectivity index (χ0n) is 20.4. The molecule has 8 heteroatoms. The molecule has 2 amide bonds. The minimum absolute atomic E-state index is 0.0247. The summed E-state index contributed by atoms with van der Waals surface area (Å²) < 4.78 is 0. The summed E-state index contributed by atoms with van der Waals surface area (Å²) >= 11 is 0. The van der Waals surface area contributed by atoms with Gasteiger partial charge in [0.25, 0.3) is 0 Å². The van der Waals surface area contributed by atoms with Crippen molar-refractivity contribution in [3.63, 3.8) is 0 Å². The normalized spacial score (nSPS) is 17.8. The highest BCUT2D eigenvalue weighted by Crippen LogP contribution is 2.39. The van der Waals surface area contributed by atoms with Crippen LogP contribution in [0.2, 0.25) is 0 Å². The van der Waals surface area contributed by atoms with Crippen LogP contribution in [0.5, 0.6) is 0 Å². The van der Waals surface area contributed by atoms with Gasteiger partial charge in [0.2, 0.25) is 11.8 Å². The van der Waals surface area contributed by atoms with E-state index in [0.717, 1.165) is 49.4 Å². The number of carbonyl (C=O) groups is 2. The smallest absolute Gasteiger partial charge is 0.243 e. The van der Waals surface area contributed by atoms with Crippen LogP contribution in [0.3, 0.4) is 0 Å². The number of piperidine rings is 1. The van der Waals surface area contributed by atoms with E-state index in [4.69, 9.17) is 0 Å². The number of benzene rings is 1. The number of hydrogen-bond donors (Lipinski definition) is 3. The quantitative estimate of drug-likeness (QED) is 0.496. The molecule has 4 rings (SSSR count). The van der Waals surface area contributed by atoms with Crippen molar-refractivity contribution in [2.45, 2.75) is 50.5 Å². The number of amides is 2. The van der Waals surface area contributed by atoms with Crippen molar-refractivity contribution in [2.75, 3.05) is 43.9 Å². The molecule has 1 saturated heterocycles. The number of anilines is 2. The maximum atomic E-state index is 12.8. The third-order valence-electron chi connectivity index (χ3n) is 6.58. The van der Waals surface area contributed by atoms with Crippen molar-refractivity contribution in [1.82, 2.24) is 20.4 Å². The maximum Gasteiger partial charge on any atom is 0.243 e. The summed E-state index contributed by atoms with van der Waals surface area (Å²) in [5, 5.41) is 13.3. The van der Waals surface area contributed by atoms with Gasteiger partial charge in [-0.25, -0.2) is 0 Å². The van der Waals surface area contributed by atoms with Gasteiger partial charge in [-0.05, 0) is 64.4 Å². The summed E-state index contributed by atoms with van der Waals surface area (Å²) in [7, 11) is 3.95. The molecule has 1 unspecified atom stereocenters. The molecule has 1 atom stereocenters. The van der Waals surface area contributed by atoms with Gasteiger partial charge >= 0.3 is 0 Å². The second kappa shape index (κ2) is 10.9. The molecule has 0 bridgehead atoms. The summed E-state index contributed by atoms with van der Waals surface area (Å²) in [5.41, 5.74) is 3.20. The summed E-state index contributed by atoms with van der Waals surface area (Å²) in [6.07, 6.45) is 7.68. The Morgan fingerprint density at radius 2 is 1.97 bits per heavy atom. The van der Waals surface area contributed by atoms with Gasteiger partial charge in [-0.3, -0.25) is 14.7 Å². The molecule has 2 aromatic rings. The third-order valence-corrected chi connectivity index (χ3v) is 6.58. The van der Waals surface area contributed by atoms with E-state index in [9.17, 15) is 9.59 Å². The number of carbonyl (C=O) groups excluding carboxylic acids is 2. The lowest BCUT2D eigenvalue weighted by atomic mass is 9.98. The van der Waals surface area contributed by atoms with E-state index in [1.54, 1.807) is 6.08 Å². The summed E-state index contributed by atoms with van der Waals surface area (Å²) in [4.78, 5) is 29.3. The van der Waals surface area contributed by atoms with Crippen LogP contribution in [-0.2, 0) is 9.59 Å². The number of rotatable bonds is 9. The van der Waals surface area contributed by atoms with Gasteiger partial charge < -0.3 is 20.4 Å². The van der Waals surface area contributed by atoms with Crippen molar-refractivity contribution < 1.29 is 9.59 Å². The highest BCUT2D eigenvalue weighted by Gasteiger charge is 2.26. The fraction of sp³-hybridized carbons (Fsp3) is 0.500. The van der Waals surface area contributed by atoms with Crippen LogP contribution in [0, 0.1) is 0 Å². The molecule has 8 nitrogen and oxygen atoms in total. The van der Waals surface area contributed by atoms with Gasteiger partial charge in [0.05, 0.1) is 5.92 Å². The average Bonchev–Trinajstić information content (AvgIpc) is 3.57. The molecule has 1 aliphatic heterocycles. The fourth-order valence-corrected chi connectivity index (χ4v) is 4.28. The molecule has 2 heterocycles. The largest absolute Gasteiger partial charge is 0.371 e. The van der Waals surface area contributed by atoms with Crippen LogP contribution < -0.4 is 15.5 Å². The standard InChI is InChI=1S/C26H36N6O2/c1-18(26(34)28-24-17-23(29-30-24)19-9-10-19)20-6-4-7-22(16-20)32-14-11-21(12-15-32)27-25(33)8-5-13-31(2)3/h4-8,16-19,21H,9-15H2,1-3H3,(H,27,33)(H2,28,29,30,34)/b8-5+. The summed E-state index contributed by atoms with van der Waals surface area (Å²) in [6.45, 7) is 4.41. The molecule has 2 aliphatic rings. The Labute approximate surface area is 201 Å². The van der Waals surface area contributed by atoms with E-state index in [1.165, 1.54) is 12.8 Å². The number of hydrogen-bond acceptors (Lipinski definition) is 5. The Hall–Kier alpha value is -3.13. The molecule has 2 fully saturated rings. The first-order chi connectivity index (χ1) is 16.4. The molecular formula is C26H36N6O2. The van der Waals surface area contributed by atoms with Crippen molar-refractivity contribution in [2.24, 2.45) is 0 Å². The molecule has 3 N–H and O–H groups in total. The Bertz CT molecular complexity index is 1020. The van der Waals surface area contributed by atoms with Gasteiger partial charge in [0.15, 0.2) is 5.82 Å². The van der Waals surface area contributed by atoms with Gasteiger partial charge in [0, 0.05) is 55.1 Å². The lowest BCUT2D eigenvalue weighted by Crippen LogP contribution is -2.44. The first kappa shape index (κ1) is 24.0. The first-order valence-electron chi connectivity index (χ1n) is 12.2. The van der Waals surface area contributed by atoms with E-state index in [1.807, 2.05) is 50.2 Å². The lowest BCUT2D eigenvalue weighted by molar-refractivity contribution is -0.118. The van der Waals surface area contributed by atoms with Crippen LogP contribution in [0.15, 0.2) is 42.5 Å². The van der Waals surface area contributed by atoms with Crippen LogP contribution in [0.25, 0.3) is 0 Å². The Balaban J connectivity index is 1.28. The molecule has 1 aliphatic carbocycles. The SMILES string of the molecule is CC(C(=O)Nc1cc(C2CC2)[nH]n1)c1cccc(N2CCC(NC(=O)/C=C/CN(C)C)CC2)c1. The average molecular weight is 465 g/mol. The van der Waals surface area contributed by atoms with Crippen molar-refractivity contribution in [3.8, 4) is 0 Å². The zero-order valence-corrected chi connectivity index (χ0v) is 20.4. The number of aromatic amines is 1. The van der Waals surface area contributed by atoms with Crippen LogP contribution in [-0.4, -0.2) is 66.7 Å². The second-order valence-corrected chi connectivity index (χ2v) is 9.72. The van der Waals surface area contributed by atoms with Gasteiger partial charge in [-0.15, -0.1) is 0 Å². The van der Waals surface area contributed by atoms with Gasteiger partial charge in [-0.2, -0.15) is 5.10 Å². The molecule has 182 valence electrons. The summed E-state index contributed by atoms with van der Waals surface area (Å²) in [6, 6.07) is 10.3. The molecule has 0 spiro atoms. The van der Waals surface area contributed by atoms with Crippen molar-refractivity contribution in [3.05, 3.63) is 53.7 Å². The predicted molar refractivity (Wildman–Crippen MR) is 135 cm³/mol. The molecular weight excluding hydrogens is 428 g/mol. The zero-order chi connectivity index (χ0) is 24.1. The van der Waals surface area contributed by atoms with Gasteiger partial charge in [0.1, 0.15) is 0 Å². The van der Waals surface area contributed by atoms with Crippen LogP contribution in [0.4, 0.5) is 11.5 Å². The van der Waals surface area contributed by atoms with E-state index in [-0.39, 0.29) is 23.8 Å². The van der Waals surface area contributed by atoms with E-state index >= 15 is 0 Å². The van der Waals surface area contributed by atoms with Gasteiger partial charge in [-0.1, -0.05) is 18.2 Å². The number of likely N-dealkylation sites (N-methyl/N-ethyl adjacent to an activating group) is 1. The van der Waals surface area contributed by atoms with Crippen LogP contribution >= 0.6 is 0 Å². The van der Waals surface area contributed by atoms with E-state index in [2.05, 4.69) is 37.9 Å². The highest BCUT2D eigenvalue weighted by molar-refractivity contribution is 5.95. The summed E-state index contributed by atoms with van der Waals surface area (Å²) in [5.74, 6) is 0.796. The van der Waals surface area contributed by atoms with Crippen molar-refractivity contribution >= 4 is 23.3 Å². The second-order valence-electron chi connectivity index (χ2n) is 9.72. The number of H-pyrrole nitrogens is 1.